The van der Waals surface area contributed by atoms with Gasteiger partial charge in [0.25, 0.3) is 5.89 Å². The summed E-state index contributed by atoms with van der Waals surface area (Å²) in [5.41, 5.74) is 5.18. The number of fused-ring (bicyclic) bond motifs is 1. The first-order valence-electron chi connectivity index (χ1n) is 9.15. The van der Waals surface area contributed by atoms with Gasteiger partial charge in [-0.2, -0.15) is 18.2 Å². The summed E-state index contributed by atoms with van der Waals surface area (Å²) >= 11 is 18.5. The van der Waals surface area contributed by atoms with Gasteiger partial charge in [0.05, 0.1) is 38.8 Å². The van der Waals surface area contributed by atoms with Gasteiger partial charge in [0.1, 0.15) is 18.1 Å². The number of aromatic nitrogens is 4. The van der Waals surface area contributed by atoms with Crippen LogP contribution in [0.5, 0.6) is 5.75 Å². The van der Waals surface area contributed by atoms with E-state index in [4.69, 9.17) is 54.9 Å². The standard InChI is InChI=1S/C19H13Cl3F3N5O3/c20-11-3-15(32-7-9(26)6-31)12(21)2-10(11)18-28-16(29-33-18)14-5-30-4-8(19(23,24)25)1-13(22)17(30)27-14/h1-5,9,31H,6-7,26H2. The highest BCUT2D eigenvalue weighted by Gasteiger charge is 2.32. The number of imidazole rings is 1. The van der Waals surface area contributed by atoms with Gasteiger partial charge in [0.2, 0.25) is 5.82 Å². The summed E-state index contributed by atoms with van der Waals surface area (Å²) in [6, 6.07) is 3.06. The van der Waals surface area contributed by atoms with Crippen LogP contribution in [0.25, 0.3) is 28.6 Å². The van der Waals surface area contributed by atoms with Crippen LogP contribution in [0.1, 0.15) is 5.56 Å². The summed E-state index contributed by atoms with van der Waals surface area (Å²) < 4.78 is 50.9. The SMILES string of the molecule is NC(CO)COc1cc(Cl)c(-c2nc(-c3cn4cc(C(F)(F)F)cc(Cl)c4n3)no2)cc1Cl. The molecule has 0 amide bonds. The van der Waals surface area contributed by atoms with Gasteiger partial charge in [-0.3, -0.25) is 0 Å². The second-order valence-corrected chi connectivity index (χ2v) is 8.09. The lowest BCUT2D eigenvalue weighted by Crippen LogP contribution is -2.31. The molecule has 1 aromatic carbocycles. The Kier molecular flexibility index (Phi) is 6.43. The molecule has 0 aliphatic carbocycles. The zero-order chi connectivity index (χ0) is 23.9. The fourth-order valence-electron chi connectivity index (χ4n) is 2.81. The quantitative estimate of drug-likeness (QED) is 0.377. The Balaban J connectivity index is 1.65. The second-order valence-electron chi connectivity index (χ2n) is 6.87. The third-order valence-electron chi connectivity index (χ3n) is 4.43. The van der Waals surface area contributed by atoms with Crippen LogP contribution in [-0.2, 0) is 6.18 Å². The predicted octanol–water partition coefficient (Wildman–Crippen LogP) is 4.73. The number of hydrogen-bond acceptors (Lipinski definition) is 7. The van der Waals surface area contributed by atoms with Crippen molar-refractivity contribution in [1.82, 2.24) is 19.5 Å². The minimum absolute atomic E-state index is 0.000222. The van der Waals surface area contributed by atoms with Gasteiger partial charge < -0.3 is 24.5 Å². The molecule has 4 rings (SSSR count). The summed E-state index contributed by atoms with van der Waals surface area (Å²) in [5.74, 6) is 0.235. The lowest BCUT2D eigenvalue weighted by molar-refractivity contribution is -0.137. The Morgan fingerprint density at radius 3 is 2.55 bits per heavy atom. The van der Waals surface area contributed by atoms with E-state index < -0.39 is 17.8 Å². The van der Waals surface area contributed by atoms with Gasteiger partial charge in [0.15, 0.2) is 5.65 Å². The first-order chi connectivity index (χ1) is 15.6. The van der Waals surface area contributed by atoms with Gasteiger partial charge in [-0.15, -0.1) is 0 Å². The van der Waals surface area contributed by atoms with Gasteiger partial charge >= 0.3 is 6.18 Å². The van der Waals surface area contributed by atoms with Gasteiger partial charge in [0, 0.05) is 18.5 Å². The Labute approximate surface area is 198 Å². The summed E-state index contributed by atoms with van der Waals surface area (Å²) in [7, 11) is 0. The van der Waals surface area contributed by atoms with Crippen LogP contribution >= 0.6 is 34.8 Å². The van der Waals surface area contributed by atoms with Crippen LogP contribution in [0.2, 0.25) is 15.1 Å². The van der Waals surface area contributed by atoms with E-state index in [1.165, 1.54) is 18.3 Å². The highest BCUT2D eigenvalue weighted by atomic mass is 35.5. The molecule has 3 N–H and O–H groups in total. The molecular formula is C19H13Cl3F3N5O3. The molecule has 14 heteroatoms. The smallest absolute Gasteiger partial charge is 0.417 e. The maximum Gasteiger partial charge on any atom is 0.417 e. The summed E-state index contributed by atoms with van der Waals surface area (Å²) in [5, 5.41) is 13.0. The number of nitrogens with two attached hydrogens (primary N) is 1. The van der Waals surface area contributed by atoms with Crippen molar-refractivity contribution < 1.29 is 27.5 Å². The van der Waals surface area contributed by atoms with Crippen LogP contribution in [0.3, 0.4) is 0 Å². The molecule has 8 nitrogen and oxygen atoms in total. The molecule has 3 heterocycles. The molecule has 4 aromatic rings. The van der Waals surface area contributed by atoms with Gasteiger partial charge in [-0.05, 0) is 12.1 Å². The zero-order valence-electron chi connectivity index (χ0n) is 16.3. The molecule has 0 spiro atoms. The molecule has 3 aromatic heterocycles. The maximum atomic E-state index is 13.0. The number of aliphatic hydroxyl groups excluding tert-OH is 1. The number of halogens is 6. The average Bonchev–Trinajstić information content (AvgIpc) is 3.40. The molecule has 174 valence electrons. The molecule has 0 radical (unpaired) electrons. The van der Waals surface area contributed by atoms with E-state index in [2.05, 4.69) is 15.1 Å². The van der Waals surface area contributed by atoms with Crippen molar-refractivity contribution in [3.8, 4) is 28.7 Å². The summed E-state index contributed by atoms with van der Waals surface area (Å²) in [4.78, 5) is 8.39. The number of hydrogen-bond donors (Lipinski definition) is 2. The Morgan fingerprint density at radius 2 is 1.85 bits per heavy atom. The molecule has 0 aliphatic rings. The molecule has 0 fully saturated rings. The van der Waals surface area contributed by atoms with Crippen LogP contribution in [-0.4, -0.2) is 43.9 Å². The fourth-order valence-corrected chi connectivity index (χ4v) is 3.52. The van der Waals surface area contributed by atoms with E-state index >= 15 is 0 Å². The number of benzene rings is 1. The number of rotatable bonds is 6. The minimum Gasteiger partial charge on any atom is -0.490 e. The Morgan fingerprint density at radius 1 is 1.09 bits per heavy atom. The maximum absolute atomic E-state index is 13.0. The molecule has 1 unspecified atom stereocenters. The normalized spacial score (nSPS) is 13.0. The highest BCUT2D eigenvalue weighted by Crippen LogP contribution is 2.37. The first-order valence-corrected chi connectivity index (χ1v) is 10.3. The second kappa shape index (κ2) is 8.99. The van der Waals surface area contributed by atoms with E-state index in [0.29, 0.717) is 5.56 Å². The van der Waals surface area contributed by atoms with Crippen molar-refractivity contribution in [2.75, 3.05) is 13.2 Å². The van der Waals surface area contributed by atoms with Crippen molar-refractivity contribution in [2.45, 2.75) is 12.2 Å². The van der Waals surface area contributed by atoms with Gasteiger partial charge in [-0.25, -0.2) is 4.98 Å². The van der Waals surface area contributed by atoms with Crippen LogP contribution < -0.4 is 10.5 Å². The Hall–Kier alpha value is -2.57. The van der Waals surface area contributed by atoms with Crippen LogP contribution in [0.4, 0.5) is 13.2 Å². The third kappa shape index (κ3) is 4.87. The van der Waals surface area contributed by atoms with Crippen molar-refractivity contribution in [3.05, 3.63) is 51.2 Å². The first kappa shape index (κ1) is 23.6. The molecule has 0 aliphatic heterocycles. The predicted molar refractivity (Wildman–Crippen MR) is 115 cm³/mol. The fraction of sp³-hybridized carbons (Fsp3) is 0.211. The molecule has 0 saturated carbocycles. The molecule has 0 bridgehead atoms. The summed E-state index contributed by atoms with van der Waals surface area (Å²) in [6.07, 6.45) is -2.42. The van der Waals surface area contributed by atoms with Crippen molar-refractivity contribution in [1.29, 1.82) is 0 Å². The molecular weight excluding hydrogens is 510 g/mol. The van der Waals surface area contributed by atoms with Crippen molar-refractivity contribution >= 4 is 40.4 Å². The average molecular weight is 523 g/mol. The van der Waals surface area contributed by atoms with Crippen LogP contribution in [0.15, 0.2) is 35.1 Å². The molecule has 33 heavy (non-hydrogen) atoms. The van der Waals surface area contributed by atoms with Crippen molar-refractivity contribution in [3.63, 3.8) is 0 Å². The number of ether oxygens (including phenoxy) is 1. The largest absolute Gasteiger partial charge is 0.490 e. The van der Waals surface area contributed by atoms with E-state index in [1.807, 2.05) is 0 Å². The van der Waals surface area contributed by atoms with E-state index in [-0.39, 0.29) is 57.1 Å². The summed E-state index contributed by atoms with van der Waals surface area (Å²) in [6.45, 7) is -0.247. The molecule has 1 atom stereocenters. The number of aliphatic hydroxyl groups is 1. The lowest BCUT2D eigenvalue weighted by atomic mass is 10.2. The third-order valence-corrected chi connectivity index (χ3v) is 5.31. The number of alkyl halides is 3. The highest BCUT2D eigenvalue weighted by molar-refractivity contribution is 6.36. The van der Waals surface area contributed by atoms with Crippen LogP contribution in [0, 0.1) is 0 Å². The van der Waals surface area contributed by atoms with Crippen molar-refractivity contribution in [2.24, 2.45) is 5.73 Å². The van der Waals surface area contributed by atoms with E-state index in [1.54, 1.807) is 0 Å². The number of nitrogens with zero attached hydrogens (tertiary/aromatic N) is 4. The minimum atomic E-state index is -4.57. The van der Waals surface area contributed by atoms with Gasteiger partial charge in [-0.1, -0.05) is 40.0 Å². The molecule has 0 saturated heterocycles. The topological polar surface area (TPSA) is 112 Å². The monoisotopic (exact) mass is 521 g/mol. The zero-order valence-corrected chi connectivity index (χ0v) is 18.5. The Bertz CT molecular complexity index is 1330. The lowest BCUT2D eigenvalue weighted by Gasteiger charge is -2.12. The van der Waals surface area contributed by atoms with E-state index in [9.17, 15) is 13.2 Å². The van der Waals surface area contributed by atoms with E-state index in [0.717, 1.165) is 16.7 Å². The number of pyridine rings is 1.